The number of hydrogen-bond acceptors (Lipinski definition) is 4. The van der Waals surface area contributed by atoms with Crippen LogP contribution in [0.25, 0.3) is 0 Å². The van der Waals surface area contributed by atoms with Crippen molar-refractivity contribution in [1.82, 2.24) is 4.98 Å². The number of nitriles is 1. The summed E-state index contributed by atoms with van der Waals surface area (Å²) in [5.41, 5.74) is 10.2. The Labute approximate surface area is 131 Å². The molecular formula is C18H20N4. The summed E-state index contributed by atoms with van der Waals surface area (Å²) in [5, 5.41) is 12.6. The minimum absolute atomic E-state index is 0.120. The highest BCUT2D eigenvalue weighted by Gasteiger charge is 2.15. The summed E-state index contributed by atoms with van der Waals surface area (Å²) >= 11 is 0. The molecule has 0 spiro atoms. The third kappa shape index (κ3) is 3.10. The second-order valence-corrected chi connectivity index (χ2v) is 5.71. The minimum atomic E-state index is -0.120. The van der Waals surface area contributed by atoms with Crippen molar-refractivity contribution in [2.45, 2.75) is 31.7 Å². The fourth-order valence-electron chi connectivity index (χ4n) is 2.88. The van der Waals surface area contributed by atoms with Gasteiger partial charge in [-0.05, 0) is 42.9 Å². The normalized spacial score (nSPS) is 14.7. The van der Waals surface area contributed by atoms with Crippen molar-refractivity contribution < 1.29 is 0 Å². The molecule has 0 bridgehead atoms. The first-order valence-electron chi connectivity index (χ1n) is 7.75. The van der Waals surface area contributed by atoms with Crippen molar-refractivity contribution in [3.05, 3.63) is 58.8 Å². The molecule has 0 radical (unpaired) electrons. The number of anilines is 1. The van der Waals surface area contributed by atoms with Crippen molar-refractivity contribution in [3.63, 3.8) is 0 Å². The number of nitrogens with two attached hydrogens (primary N) is 1. The van der Waals surface area contributed by atoms with Crippen LogP contribution in [0, 0.1) is 11.3 Å². The van der Waals surface area contributed by atoms with Crippen molar-refractivity contribution in [1.29, 1.82) is 5.26 Å². The Bertz CT molecular complexity index is 688. The van der Waals surface area contributed by atoms with Crippen LogP contribution >= 0.6 is 0 Å². The van der Waals surface area contributed by atoms with Gasteiger partial charge in [-0.25, -0.2) is 4.98 Å². The predicted molar refractivity (Wildman–Crippen MR) is 87.5 cm³/mol. The molecule has 0 saturated heterocycles. The van der Waals surface area contributed by atoms with Crippen LogP contribution in [0.5, 0.6) is 0 Å². The summed E-state index contributed by atoms with van der Waals surface area (Å²) in [5.74, 6) is 0.662. The number of fused-ring (bicyclic) bond motifs is 1. The zero-order valence-electron chi connectivity index (χ0n) is 12.5. The number of benzene rings is 1. The molecule has 0 aliphatic heterocycles. The Morgan fingerprint density at radius 3 is 2.77 bits per heavy atom. The third-order valence-electron chi connectivity index (χ3n) is 4.14. The molecule has 0 saturated carbocycles. The monoisotopic (exact) mass is 292 g/mol. The quantitative estimate of drug-likeness (QED) is 0.908. The van der Waals surface area contributed by atoms with E-state index in [9.17, 15) is 5.26 Å². The standard InChI is InChI=1S/C18H20N4/c19-11-15-10-14-8-4-5-9-17(14)22-18(15)21-12-16(20)13-6-2-1-3-7-13/h1-3,6-7,10,16H,4-5,8-9,12,20H2,(H,21,22). The smallest absolute Gasteiger partial charge is 0.144 e. The van der Waals surface area contributed by atoms with E-state index in [2.05, 4.69) is 16.4 Å². The van der Waals surface area contributed by atoms with Crippen LogP contribution in [0.3, 0.4) is 0 Å². The van der Waals surface area contributed by atoms with Crippen molar-refractivity contribution in [2.24, 2.45) is 5.73 Å². The van der Waals surface area contributed by atoms with Crippen LogP contribution in [0.1, 0.15) is 41.3 Å². The molecule has 1 heterocycles. The van der Waals surface area contributed by atoms with Gasteiger partial charge in [-0.15, -0.1) is 0 Å². The first-order chi connectivity index (χ1) is 10.8. The number of hydrogen-bond donors (Lipinski definition) is 2. The predicted octanol–water partition coefficient (Wildman–Crippen LogP) is 2.94. The van der Waals surface area contributed by atoms with Crippen LogP contribution in [0.15, 0.2) is 36.4 Å². The van der Waals surface area contributed by atoms with E-state index in [4.69, 9.17) is 5.73 Å². The van der Waals surface area contributed by atoms with Gasteiger partial charge in [-0.2, -0.15) is 5.26 Å². The second kappa shape index (κ2) is 6.59. The van der Waals surface area contributed by atoms with E-state index in [1.54, 1.807) is 0 Å². The number of nitrogens with one attached hydrogen (secondary N) is 1. The first-order valence-corrected chi connectivity index (χ1v) is 7.75. The lowest BCUT2D eigenvalue weighted by atomic mass is 9.95. The van der Waals surface area contributed by atoms with Crippen LogP contribution in [-0.4, -0.2) is 11.5 Å². The van der Waals surface area contributed by atoms with Crippen LogP contribution < -0.4 is 11.1 Å². The van der Waals surface area contributed by atoms with Crippen LogP contribution in [0.2, 0.25) is 0 Å². The van der Waals surface area contributed by atoms with Gasteiger partial charge in [0.2, 0.25) is 0 Å². The van der Waals surface area contributed by atoms with E-state index in [1.807, 2.05) is 36.4 Å². The maximum Gasteiger partial charge on any atom is 0.144 e. The summed E-state index contributed by atoms with van der Waals surface area (Å²) in [7, 11) is 0. The molecule has 3 rings (SSSR count). The molecular weight excluding hydrogens is 272 g/mol. The molecule has 1 aliphatic rings. The highest BCUT2D eigenvalue weighted by molar-refractivity contribution is 5.55. The van der Waals surface area contributed by atoms with E-state index in [0.717, 1.165) is 24.1 Å². The minimum Gasteiger partial charge on any atom is -0.367 e. The van der Waals surface area contributed by atoms with Crippen molar-refractivity contribution in [2.75, 3.05) is 11.9 Å². The van der Waals surface area contributed by atoms with E-state index >= 15 is 0 Å². The Balaban J connectivity index is 1.76. The van der Waals surface area contributed by atoms with Gasteiger partial charge in [0.25, 0.3) is 0 Å². The van der Waals surface area contributed by atoms with Gasteiger partial charge in [0.05, 0.1) is 5.56 Å². The molecule has 3 N–H and O–H groups in total. The number of rotatable bonds is 4. The maximum atomic E-state index is 9.34. The lowest BCUT2D eigenvalue weighted by Gasteiger charge is -2.19. The third-order valence-corrected chi connectivity index (χ3v) is 4.14. The fraction of sp³-hybridized carbons (Fsp3) is 0.333. The Hall–Kier alpha value is -2.38. The molecule has 0 fully saturated rings. The number of nitrogens with zero attached hydrogens (tertiary/aromatic N) is 2. The number of aromatic nitrogens is 1. The molecule has 2 aromatic rings. The summed E-state index contributed by atoms with van der Waals surface area (Å²) in [4.78, 5) is 4.66. The summed E-state index contributed by atoms with van der Waals surface area (Å²) in [6, 6.07) is 14.1. The molecule has 1 aliphatic carbocycles. The Morgan fingerprint density at radius 2 is 2.00 bits per heavy atom. The summed E-state index contributed by atoms with van der Waals surface area (Å²) in [6.07, 6.45) is 4.39. The Kier molecular flexibility index (Phi) is 4.36. The molecule has 1 aromatic heterocycles. The van der Waals surface area contributed by atoms with Gasteiger partial charge in [0, 0.05) is 18.3 Å². The second-order valence-electron chi connectivity index (χ2n) is 5.71. The summed E-state index contributed by atoms with van der Waals surface area (Å²) in [6.45, 7) is 0.560. The van der Waals surface area contributed by atoms with E-state index in [1.165, 1.54) is 18.4 Å². The van der Waals surface area contributed by atoms with Crippen molar-refractivity contribution in [3.8, 4) is 6.07 Å². The zero-order valence-corrected chi connectivity index (χ0v) is 12.5. The van der Waals surface area contributed by atoms with Crippen molar-refractivity contribution >= 4 is 5.82 Å². The first kappa shape index (κ1) is 14.6. The van der Waals surface area contributed by atoms with Crippen LogP contribution in [-0.2, 0) is 12.8 Å². The van der Waals surface area contributed by atoms with E-state index in [0.29, 0.717) is 17.9 Å². The van der Waals surface area contributed by atoms with Gasteiger partial charge < -0.3 is 11.1 Å². The van der Waals surface area contributed by atoms with Gasteiger partial charge in [0.1, 0.15) is 11.9 Å². The molecule has 1 atom stereocenters. The molecule has 0 amide bonds. The SMILES string of the molecule is N#Cc1cc2c(nc1NCC(N)c1ccccc1)CCCC2. The average molecular weight is 292 g/mol. The number of pyridine rings is 1. The highest BCUT2D eigenvalue weighted by atomic mass is 15.0. The van der Waals surface area contributed by atoms with Gasteiger partial charge in [-0.1, -0.05) is 30.3 Å². The molecule has 22 heavy (non-hydrogen) atoms. The van der Waals surface area contributed by atoms with E-state index in [-0.39, 0.29) is 6.04 Å². The molecule has 4 nitrogen and oxygen atoms in total. The molecule has 1 aromatic carbocycles. The lowest BCUT2D eigenvalue weighted by molar-refractivity contribution is 0.667. The highest BCUT2D eigenvalue weighted by Crippen LogP contribution is 2.24. The fourth-order valence-corrected chi connectivity index (χ4v) is 2.88. The average Bonchev–Trinajstić information content (AvgIpc) is 2.59. The molecule has 1 unspecified atom stereocenters. The topological polar surface area (TPSA) is 74.7 Å². The number of aryl methyl sites for hydroxylation is 2. The van der Waals surface area contributed by atoms with E-state index < -0.39 is 0 Å². The largest absolute Gasteiger partial charge is 0.367 e. The zero-order chi connectivity index (χ0) is 15.4. The van der Waals surface area contributed by atoms with Gasteiger partial charge in [0.15, 0.2) is 0 Å². The molecule has 112 valence electrons. The lowest BCUT2D eigenvalue weighted by Crippen LogP contribution is -2.22. The summed E-state index contributed by atoms with van der Waals surface area (Å²) < 4.78 is 0. The van der Waals surface area contributed by atoms with Crippen LogP contribution in [0.4, 0.5) is 5.82 Å². The maximum absolute atomic E-state index is 9.34. The molecule has 4 heteroatoms. The Morgan fingerprint density at radius 1 is 1.23 bits per heavy atom. The van der Waals surface area contributed by atoms with Gasteiger partial charge >= 0.3 is 0 Å². The van der Waals surface area contributed by atoms with Gasteiger partial charge in [-0.3, -0.25) is 0 Å².